The molecule has 1 atom stereocenters. The van der Waals surface area contributed by atoms with Crippen LogP contribution in [0.2, 0.25) is 0 Å². The molecule has 1 aromatic carbocycles. The molecule has 2 heteroatoms. The Labute approximate surface area is 102 Å². The summed E-state index contributed by atoms with van der Waals surface area (Å²) in [5.41, 5.74) is 2.63. The molecule has 0 spiro atoms. The molecular formula is C15H19NO. The maximum absolute atomic E-state index is 6.08. The first kappa shape index (κ1) is 10.8. The molecular weight excluding hydrogens is 210 g/mol. The largest absolute Gasteiger partial charge is 0.370 e. The summed E-state index contributed by atoms with van der Waals surface area (Å²) in [5, 5.41) is 1.35. The van der Waals surface area contributed by atoms with Gasteiger partial charge in [-0.25, -0.2) is 0 Å². The molecule has 0 N–H and O–H groups in total. The summed E-state index contributed by atoms with van der Waals surface area (Å²) in [6.45, 7) is 3.13. The van der Waals surface area contributed by atoms with Crippen LogP contribution in [-0.2, 0) is 17.4 Å². The van der Waals surface area contributed by atoms with Crippen molar-refractivity contribution >= 4 is 10.9 Å². The van der Waals surface area contributed by atoms with E-state index in [-0.39, 0.29) is 5.60 Å². The fraction of sp³-hybridized carbons (Fsp3) is 0.467. The van der Waals surface area contributed by atoms with E-state index < -0.39 is 0 Å². The molecule has 1 aliphatic heterocycles. The molecule has 2 nitrogen and oxygen atoms in total. The molecule has 17 heavy (non-hydrogen) atoms. The summed E-state index contributed by atoms with van der Waals surface area (Å²) in [7, 11) is 2.12. The van der Waals surface area contributed by atoms with Gasteiger partial charge in [0.2, 0.25) is 0 Å². The molecule has 1 fully saturated rings. The van der Waals surface area contributed by atoms with E-state index in [0.717, 1.165) is 19.4 Å². The van der Waals surface area contributed by atoms with Crippen molar-refractivity contribution < 1.29 is 4.74 Å². The maximum atomic E-state index is 6.08. The zero-order valence-corrected chi connectivity index (χ0v) is 10.6. The van der Waals surface area contributed by atoms with Crippen molar-refractivity contribution in [1.82, 2.24) is 4.57 Å². The van der Waals surface area contributed by atoms with Gasteiger partial charge in [-0.1, -0.05) is 25.1 Å². The smallest absolute Gasteiger partial charge is 0.0950 e. The lowest BCUT2D eigenvalue weighted by molar-refractivity contribution is -0.00203. The molecule has 0 bridgehead atoms. The third kappa shape index (κ3) is 1.51. The van der Waals surface area contributed by atoms with Gasteiger partial charge in [-0.2, -0.15) is 0 Å². The summed E-state index contributed by atoms with van der Waals surface area (Å²) >= 11 is 0. The number of hydrogen-bond donors (Lipinski definition) is 0. The zero-order valence-electron chi connectivity index (χ0n) is 10.6. The van der Waals surface area contributed by atoms with Gasteiger partial charge in [0.1, 0.15) is 0 Å². The Bertz CT molecular complexity index is 535. The van der Waals surface area contributed by atoms with Gasteiger partial charge < -0.3 is 9.30 Å². The van der Waals surface area contributed by atoms with Crippen molar-refractivity contribution in [2.24, 2.45) is 7.05 Å². The van der Waals surface area contributed by atoms with E-state index in [1.165, 1.54) is 22.9 Å². The van der Waals surface area contributed by atoms with E-state index in [0.29, 0.717) is 0 Å². The van der Waals surface area contributed by atoms with E-state index in [2.05, 4.69) is 49.0 Å². The fourth-order valence-corrected chi connectivity index (χ4v) is 3.08. The first-order chi connectivity index (χ1) is 8.27. The van der Waals surface area contributed by atoms with E-state index >= 15 is 0 Å². The van der Waals surface area contributed by atoms with Crippen molar-refractivity contribution in [3.8, 4) is 0 Å². The van der Waals surface area contributed by atoms with Crippen LogP contribution in [0.4, 0.5) is 0 Å². The number of ether oxygens (including phenoxy) is 1. The van der Waals surface area contributed by atoms with Gasteiger partial charge in [-0.05, 0) is 25.3 Å². The van der Waals surface area contributed by atoms with Gasteiger partial charge >= 0.3 is 0 Å². The van der Waals surface area contributed by atoms with Crippen molar-refractivity contribution in [2.45, 2.75) is 31.8 Å². The lowest BCUT2D eigenvalue weighted by atomic mass is 9.88. The second kappa shape index (κ2) is 3.88. The number of nitrogens with zero attached hydrogens (tertiary/aromatic N) is 1. The van der Waals surface area contributed by atoms with Crippen molar-refractivity contribution in [1.29, 1.82) is 0 Å². The molecule has 2 heterocycles. The molecule has 1 aliphatic rings. The number of benzene rings is 1. The van der Waals surface area contributed by atoms with Crippen LogP contribution in [0.15, 0.2) is 30.5 Å². The Balaban J connectivity index is 2.23. The number of rotatable bonds is 2. The third-order valence-electron chi connectivity index (χ3n) is 4.06. The highest BCUT2D eigenvalue weighted by Crippen LogP contribution is 2.42. The average Bonchev–Trinajstić information content (AvgIpc) is 2.96. The Kier molecular flexibility index (Phi) is 2.48. The van der Waals surface area contributed by atoms with Crippen LogP contribution in [0, 0.1) is 0 Å². The first-order valence-corrected chi connectivity index (χ1v) is 6.45. The quantitative estimate of drug-likeness (QED) is 0.767. The maximum Gasteiger partial charge on any atom is 0.0950 e. The minimum Gasteiger partial charge on any atom is -0.370 e. The predicted octanol–water partition coefficient (Wildman–Crippen LogP) is 3.59. The van der Waals surface area contributed by atoms with E-state index in [1.54, 1.807) is 0 Å². The molecule has 0 radical (unpaired) electrons. The highest BCUT2D eigenvalue weighted by atomic mass is 16.5. The summed E-state index contributed by atoms with van der Waals surface area (Å²) < 4.78 is 8.30. The Morgan fingerprint density at radius 3 is 2.88 bits per heavy atom. The van der Waals surface area contributed by atoms with Crippen LogP contribution in [0.1, 0.15) is 31.7 Å². The Morgan fingerprint density at radius 2 is 2.18 bits per heavy atom. The lowest BCUT2D eigenvalue weighted by Crippen LogP contribution is -2.23. The van der Waals surface area contributed by atoms with Crippen LogP contribution in [-0.4, -0.2) is 11.2 Å². The number of fused-ring (bicyclic) bond motifs is 1. The zero-order chi connectivity index (χ0) is 11.9. The number of para-hydroxylation sites is 1. The second-order valence-corrected chi connectivity index (χ2v) is 4.97. The molecule has 90 valence electrons. The second-order valence-electron chi connectivity index (χ2n) is 4.97. The molecule has 1 aromatic heterocycles. The van der Waals surface area contributed by atoms with Gasteiger partial charge in [0.15, 0.2) is 0 Å². The summed E-state index contributed by atoms with van der Waals surface area (Å²) in [6, 6.07) is 8.60. The third-order valence-corrected chi connectivity index (χ3v) is 4.06. The first-order valence-electron chi connectivity index (χ1n) is 6.45. The minimum atomic E-state index is -0.0408. The molecule has 3 rings (SSSR count). The molecule has 2 aromatic rings. The molecule has 1 unspecified atom stereocenters. The highest BCUT2D eigenvalue weighted by molar-refractivity contribution is 5.84. The standard InChI is InChI=1S/C15H19NO/c1-3-15(9-6-10-17-15)13-11-16(2)14-8-5-4-7-12(13)14/h4-5,7-8,11H,3,6,9-10H2,1-2H3. The average molecular weight is 229 g/mol. The summed E-state index contributed by atoms with van der Waals surface area (Å²) in [4.78, 5) is 0. The van der Waals surface area contributed by atoms with Crippen molar-refractivity contribution in [2.75, 3.05) is 6.61 Å². The van der Waals surface area contributed by atoms with E-state index in [1.807, 2.05) is 0 Å². The van der Waals surface area contributed by atoms with Gasteiger partial charge in [0.05, 0.1) is 5.60 Å². The SMILES string of the molecule is CCC1(c2cn(C)c3ccccc23)CCCO1. The van der Waals surface area contributed by atoms with Crippen LogP contribution < -0.4 is 0 Å². The monoisotopic (exact) mass is 229 g/mol. The van der Waals surface area contributed by atoms with Gasteiger partial charge in [-0.3, -0.25) is 0 Å². The minimum absolute atomic E-state index is 0.0408. The van der Waals surface area contributed by atoms with Gasteiger partial charge in [0, 0.05) is 36.3 Å². The summed E-state index contributed by atoms with van der Waals surface area (Å²) in [6.07, 6.45) is 5.63. The summed E-state index contributed by atoms with van der Waals surface area (Å²) in [5.74, 6) is 0. The van der Waals surface area contributed by atoms with Gasteiger partial charge in [0.25, 0.3) is 0 Å². The Morgan fingerprint density at radius 1 is 1.35 bits per heavy atom. The van der Waals surface area contributed by atoms with Crippen LogP contribution in [0.5, 0.6) is 0 Å². The van der Waals surface area contributed by atoms with Crippen molar-refractivity contribution in [3.05, 3.63) is 36.0 Å². The van der Waals surface area contributed by atoms with E-state index in [9.17, 15) is 0 Å². The molecule has 1 saturated heterocycles. The van der Waals surface area contributed by atoms with Crippen LogP contribution in [0.25, 0.3) is 10.9 Å². The molecule has 0 saturated carbocycles. The highest BCUT2D eigenvalue weighted by Gasteiger charge is 2.37. The van der Waals surface area contributed by atoms with Gasteiger partial charge in [-0.15, -0.1) is 0 Å². The van der Waals surface area contributed by atoms with Crippen molar-refractivity contribution in [3.63, 3.8) is 0 Å². The topological polar surface area (TPSA) is 14.2 Å². The normalized spacial score (nSPS) is 24.6. The lowest BCUT2D eigenvalue weighted by Gasteiger charge is -2.26. The van der Waals surface area contributed by atoms with Crippen LogP contribution >= 0.6 is 0 Å². The fourth-order valence-electron chi connectivity index (χ4n) is 3.08. The number of aromatic nitrogens is 1. The Hall–Kier alpha value is -1.28. The predicted molar refractivity (Wildman–Crippen MR) is 70.1 cm³/mol. The number of hydrogen-bond acceptors (Lipinski definition) is 1. The number of aryl methyl sites for hydroxylation is 1. The molecule has 0 aliphatic carbocycles. The van der Waals surface area contributed by atoms with E-state index in [4.69, 9.17) is 4.74 Å². The molecule has 0 amide bonds. The van der Waals surface area contributed by atoms with Crippen LogP contribution in [0.3, 0.4) is 0 Å².